The monoisotopic (exact) mass is 277 g/mol. The van der Waals surface area contributed by atoms with E-state index in [2.05, 4.69) is 0 Å². The first-order valence-corrected chi connectivity index (χ1v) is 6.69. The first-order chi connectivity index (χ1) is 9.47. The van der Waals surface area contributed by atoms with Crippen LogP contribution in [0.3, 0.4) is 0 Å². The number of carboxylic acids is 1. The molecule has 1 aromatic carbocycles. The predicted octanol–water partition coefficient (Wildman–Crippen LogP) is 1.94. The molecule has 1 unspecified atom stereocenters. The number of amides is 1. The zero-order valence-corrected chi connectivity index (χ0v) is 11.8. The molecule has 1 amide bonds. The molecule has 0 spiro atoms. The molecule has 1 heterocycles. The number of aryl methyl sites for hydroxylation is 1. The molecule has 108 valence electrons. The molecule has 0 saturated carbocycles. The second-order valence-electron chi connectivity index (χ2n) is 5.21. The number of hydrogen-bond donors (Lipinski definition) is 1. The highest BCUT2D eigenvalue weighted by Crippen LogP contribution is 2.16. The summed E-state index contributed by atoms with van der Waals surface area (Å²) in [6.45, 7) is 3.07. The maximum Gasteiger partial charge on any atom is 0.335 e. The molecule has 1 aromatic rings. The molecule has 1 atom stereocenters. The average molecular weight is 277 g/mol. The Bertz CT molecular complexity index is 521. The van der Waals surface area contributed by atoms with Gasteiger partial charge in [-0.2, -0.15) is 0 Å². The molecule has 1 saturated heterocycles. The van der Waals surface area contributed by atoms with Crippen LogP contribution in [0.1, 0.15) is 39.1 Å². The van der Waals surface area contributed by atoms with Gasteiger partial charge < -0.3 is 14.7 Å². The minimum absolute atomic E-state index is 0.0905. The number of carbonyl (C=O) groups excluding carboxylic acids is 1. The summed E-state index contributed by atoms with van der Waals surface area (Å²) in [6, 6.07) is 4.68. The maximum atomic E-state index is 12.3. The normalized spacial score (nSPS) is 18.0. The molecular weight excluding hydrogens is 258 g/mol. The van der Waals surface area contributed by atoms with Gasteiger partial charge in [0, 0.05) is 25.8 Å². The van der Waals surface area contributed by atoms with Crippen LogP contribution in [-0.2, 0) is 4.74 Å². The summed E-state index contributed by atoms with van der Waals surface area (Å²) in [7, 11) is 1.72. The van der Waals surface area contributed by atoms with Gasteiger partial charge >= 0.3 is 5.97 Å². The van der Waals surface area contributed by atoms with Gasteiger partial charge in [-0.15, -0.1) is 0 Å². The summed E-state index contributed by atoms with van der Waals surface area (Å²) >= 11 is 0. The first kappa shape index (κ1) is 14.5. The van der Waals surface area contributed by atoms with Crippen LogP contribution in [0.25, 0.3) is 0 Å². The molecule has 0 bridgehead atoms. The van der Waals surface area contributed by atoms with Crippen molar-refractivity contribution in [1.29, 1.82) is 0 Å². The van der Waals surface area contributed by atoms with Crippen molar-refractivity contribution in [2.24, 2.45) is 0 Å². The fourth-order valence-corrected chi connectivity index (χ4v) is 2.43. The van der Waals surface area contributed by atoms with Crippen LogP contribution in [0.5, 0.6) is 0 Å². The van der Waals surface area contributed by atoms with Crippen molar-refractivity contribution >= 4 is 11.9 Å². The summed E-state index contributed by atoms with van der Waals surface area (Å²) in [6.07, 6.45) is 2.08. The Morgan fingerprint density at radius 2 is 2.05 bits per heavy atom. The molecule has 20 heavy (non-hydrogen) atoms. The number of likely N-dealkylation sites (N-methyl/N-ethyl adjacent to an activating group) is 1. The smallest absolute Gasteiger partial charge is 0.335 e. The third kappa shape index (κ3) is 3.36. The van der Waals surface area contributed by atoms with Gasteiger partial charge in [-0.25, -0.2) is 4.79 Å². The number of carbonyl (C=O) groups is 2. The molecule has 0 radical (unpaired) electrons. The predicted molar refractivity (Wildman–Crippen MR) is 74.1 cm³/mol. The Kier molecular flexibility index (Phi) is 4.39. The molecule has 5 heteroatoms. The van der Waals surface area contributed by atoms with Crippen molar-refractivity contribution in [3.05, 3.63) is 34.9 Å². The standard InChI is InChI=1S/C15H19NO4/c1-10-6-11(8-12(7-10)15(18)19)14(17)16(2)9-13-4-3-5-20-13/h6-8,13H,3-5,9H2,1-2H3,(H,18,19). The summed E-state index contributed by atoms with van der Waals surface area (Å²) < 4.78 is 5.51. The topological polar surface area (TPSA) is 66.8 Å². The number of carboxylic acid groups (broad SMARTS) is 1. The first-order valence-electron chi connectivity index (χ1n) is 6.69. The van der Waals surface area contributed by atoms with Crippen molar-refractivity contribution in [2.75, 3.05) is 20.2 Å². The summed E-state index contributed by atoms with van der Waals surface area (Å²) in [5.41, 5.74) is 1.31. The lowest BCUT2D eigenvalue weighted by Crippen LogP contribution is -2.34. The van der Waals surface area contributed by atoms with Gasteiger partial charge in [0.05, 0.1) is 11.7 Å². The van der Waals surface area contributed by atoms with E-state index in [-0.39, 0.29) is 17.6 Å². The van der Waals surface area contributed by atoms with E-state index in [1.54, 1.807) is 31.0 Å². The van der Waals surface area contributed by atoms with Gasteiger partial charge in [0.2, 0.25) is 0 Å². The molecule has 1 N–H and O–H groups in total. The number of nitrogens with zero attached hydrogens (tertiary/aromatic N) is 1. The summed E-state index contributed by atoms with van der Waals surface area (Å²) in [5.74, 6) is -1.20. The van der Waals surface area contributed by atoms with Crippen molar-refractivity contribution < 1.29 is 19.4 Å². The number of aromatic carboxylic acids is 1. The van der Waals surface area contributed by atoms with E-state index in [0.717, 1.165) is 25.0 Å². The third-order valence-corrected chi connectivity index (χ3v) is 3.42. The molecular formula is C15H19NO4. The second kappa shape index (κ2) is 6.05. The van der Waals surface area contributed by atoms with E-state index in [1.165, 1.54) is 6.07 Å². The largest absolute Gasteiger partial charge is 0.478 e. The molecule has 5 nitrogen and oxygen atoms in total. The summed E-state index contributed by atoms with van der Waals surface area (Å²) in [4.78, 5) is 25.0. The van der Waals surface area contributed by atoms with E-state index >= 15 is 0 Å². The SMILES string of the molecule is Cc1cc(C(=O)O)cc(C(=O)N(C)CC2CCCO2)c1. The van der Waals surface area contributed by atoms with E-state index in [9.17, 15) is 9.59 Å². The quantitative estimate of drug-likeness (QED) is 0.913. The Balaban J connectivity index is 2.13. The lowest BCUT2D eigenvalue weighted by molar-refractivity contribution is 0.0587. The highest BCUT2D eigenvalue weighted by Gasteiger charge is 2.21. The Hall–Kier alpha value is -1.88. The minimum atomic E-state index is -1.02. The van der Waals surface area contributed by atoms with Crippen molar-refractivity contribution in [3.63, 3.8) is 0 Å². The third-order valence-electron chi connectivity index (χ3n) is 3.42. The fourth-order valence-electron chi connectivity index (χ4n) is 2.43. The van der Waals surface area contributed by atoms with Crippen LogP contribution in [0, 0.1) is 6.92 Å². The number of hydrogen-bond acceptors (Lipinski definition) is 3. The zero-order valence-electron chi connectivity index (χ0n) is 11.8. The van der Waals surface area contributed by atoms with Crippen molar-refractivity contribution in [3.8, 4) is 0 Å². The lowest BCUT2D eigenvalue weighted by Gasteiger charge is -2.21. The van der Waals surface area contributed by atoms with Gasteiger partial charge in [-0.1, -0.05) is 0 Å². The van der Waals surface area contributed by atoms with E-state index in [4.69, 9.17) is 9.84 Å². The van der Waals surface area contributed by atoms with Gasteiger partial charge in [0.25, 0.3) is 5.91 Å². The highest BCUT2D eigenvalue weighted by atomic mass is 16.5. The minimum Gasteiger partial charge on any atom is -0.478 e. The van der Waals surface area contributed by atoms with Crippen molar-refractivity contribution in [1.82, 2.24) is 4.90 Å². The summed E-state index contributed by atoms with van der Waals surface area (Å²) in [5, 5.41) is 9.04. The van der Waals surface area contributed by atoms with Gasteiger partial charge in [-0.3, -0.25) is 4.79 Å². The van der Waals surface area contributed by atoms with E-state index in [0.29, 0.717) is 12.1 Å². The molecule has 1 aliphatic heterocycles. The van der Waals surface area contributed by atoms with Crippen LogP contribution >= 0.6 is 0 Å². The molecule has 1 fully saturated rings. The van der Waals surface area contributed by atoms with Crippen LogP contribution in [-0.4, -0.2) is 48.2 Å². The molecule has 0 aromatic heterocycles. The Morgan fingerprint density at radius 3 is 2.65 bits per heavy atom. The number of benzene rings is 1. The number of rotatable bonds is 4. The van der Waals surface area contributed by atoms with Crippen LogP contribution in [0.2, 0.25) is 0 Å². The van der Waals surface area contributed by atoms with E-state index < -0.39 is 5.97 Å². The highest BCUT2D eigenvalue weighted by molar-refractivity contribution is 5.97. The second-order valence-corrected chi connectivity index (χ2v) is 5.21. The van der Waals surface area contributed by atoms with E-state index in [1.807, 2.05) is 0 Å². The van der Waals surface area contributed by atoms with Crippen LogP contribution in [0.15, 0.2) is 18.2 Å². The van der Waals surface area contributed by atoms with Crippen LogP contribution in [0.4, 0.5) is 0 Å². The van der Waals surface area contributed by atoms with Crippen molar-refractivity contribution in [2.45, 2.75) is 25.9 Å². The Morgan fingerprint density at radius 1 is 1.35 bits per heavy atom. The fraction of sp³-hybridized carbons (Fsp3) is 0.467. The lowest BCUT2D eigenvalue weighted by atomic mass is 10.1. The van der Waals surface area contributed by atoms with Gasteiger partial charge in [-0.05, 0) is 43.5 Å². The zero-order chi connectivity index (χ0) is 14.7. The average Bonchev–Trinajstić information content (AvgIpc) is 2.89. The molecule has 0 aliphatic carbocycles. The van der Waals surface area contributed by atoms with Crippen LogP contribution < -0.4 is 0 Å². The maximum absolute atomic E-state index is 12.3. The Labute approximate surface area is 118 Å². The van der Waals surface area contributed by atoms with Gasteiger partial charge in [0.1, 0.15) is 0 Å². The molecule has 2 rings (SSSR count). The van der Waals surface area contributed by atoms with Gasteiger partial charge in [0.15, 0.2) is 0 Å². The molecule has 1 aliphatic rings. The number of ether oxygens (including phenoxy) is 1.